The standard InChI is InChI=1S/C10H19NO3/c1-3-11(5-4-6-12)8-9(2)7-10(13)14/h7,12H,3-6,8H2,1-2H3,(H,13,14). The lowest BCUT2D eigenvalue weighted by atomic mass is 10.2. The second-order valence-electron chi connectivity index (χ2n) is 3.27. The zero-order chi connectivity index (χ0) is 11.0. The van der Waals surface area contributed by atoms with E-state index in [0.717, 1.165) is 25.1 Å². The third kappa shape index (κ3) is 6.62. The molecular weight excluding hydrogens is 182 g/mol. The summed E-state index contributed by atoms with van der Waals surface area (Å²) in [5.41, 5.74) is 0.831. The van der Waals surface area contributed by atoms with Gasteiger partial charge in [-0.15, -0.1) is 0 Å². The quantitative estimate of drug-likeness (QED) is 0.596. The van der Waals surface area contributed by atoms with Crippen LogP contribution in [0.5, 0.6) is 0 Å². The first-order valence-corrected chi connectivity index (χ1v) is 4.83. The molecule has 0 aliphatic rings. The number of carboxylic acids is 1. The van der Waals surface area contributed by atoms with Gasteiger partial charge in [0.1, 0.15) is 0 Å². The van der Waals surface area contributed by atoms with E-state index < -0.39 is 5.97 Å². The normalized spacial score (nSPS) is 12.1. The van der Waals surface area contributed by atoms with Gasteiger partial charge in [0.15, 0.2) is 0 Å². The van der Waals surface area contributed by atoms with Gasteiger partial charge in [-0.2, -0.15) is 0 Å². The summed E-state index contributed by atoms with van der Waals surface area (Å²) >= 11 is 0. The maximum atomic E-state index is 10.4. The molecular formula is C10H19NO3. The van der Waals surface area contributed by atoms with E-state index in [1.807, 2.05) is 6.92 Å². The van der Waals surface area contributed by atoms with Crippen LogP contribution in [0.15, 0.2) is 11.6 Å². The maximum absolute atomic E-state index is 10.4. The Morgan fingerprint density at radius 2 is 2.14 bits per heavy atom. The predicted molar refractivity (Wildman–Crippen MR) is 55.2 cm³/mol. The van der Waals surface area contributed by atoms with E-state index >= 15 is 0 Å². The number of rotatable bonds is 7. The van der Waals surface area contributed by atoms with E-state index in [1.165, 1.54) is 6.08 Å². The number of aliphatic hydroxyl groups is 1. The molecule has 0 aromatic carbocycles. The van der Waals surface area contributed by atoms with Gasteiger partial charge in [0.2, 0.25) is 0 Å². The molecule has 0 heterocycles. The number of aliphatic carboxylic acids is 1. The molecule has 82 valence electrons. The van der Waals surface area contributed by atoms with Gasteiger partial charge in [0.25, 0.3) is 0 Å². The van der Waals surface area contributed by atoms with Crippen molar-refractivity contribution in [3.8, 4) is 0 Å². The largest absolute Gasteiger partial charge is 0.478 e. The minimum absolute atomic E-state index is 0.179. The number of carbonyl (C=O) groups is 1. The van der Waals surface area contributed by atoms with Crippen LogP contribution in [0, 0.1) is 0 Å². The van der Waals surface area contributed by atoms with Crippen molar-refractivity contribution in [2.45, 2.75) is 20.3 Å². The van der Waals surface area contributed by atoms with Crippen molar-refractivity contribution in [1.29, 1.82) is 0 Å². The molecule has 0 aliphatic heterocycles. The fraction of sp³-hybridized carbons (Fsp3) is 0.700. The van der Waals surface area contributed by atoms with Crippen molar-refractivity contribution in [3.05, 3.63) is 11.6 Å². The minimum Gasteiger partial charge on any atom is -0.478 e. The van der Waals surface area contributed by atoms with E-state index in [1.54, 1.807) is 6.92 Å². The summed E-state index contributed by atoms with van der Waals surface area (Å²) < 4.78 is 0. The Balaban J connectivity index is 3.97. The van der Waals surface area contributed by atoms with Crippen LogP contribution in [-0.2, 0) is 4.79 Å². The topological polar surface area (TPSA) is 60.8 Å². The number of hydrogen-bond donors (Lipinski definition) is 2. The van der Waals surface area contributed by atoms with Crippen molar-refractivity contribution >= 4 is 5.97 Å². The first-order valence-electron chi connectivity index (χ1n) is 4.83. The van der Waals surface area contributed by atoms with Gasteiger partial charge in [0.05, 0.1) is 0 Å². The first kappa shape index (κ1) is 13.1. The van der Waals surface area contributed by atoms with Crippen LogP contribution in [0.4, 0.5) is 0 Å². The summed E-state index contributed by atoms with van der Waals surface area (Å²) in [7, 11) is 0. The van der Waals surface area contributed by atoms with Crippen molar-refractivity contribution in [2.75, 3.05) is 26.2 Å². The molecule has 0 fully saturated rings. The fourth-order valence-corrected chi connectivity index (χ4v) is 1.25. The van der Waals surface area contributed by atoms with Crippen molar-refractivity contribution in [2.24, 2.45) is 0 Å². The Bertz CT molecular complexity index is 202. The van der Waals surface area contributed by atoms with Gasteiger partial charge in [-0.25, -0.2) is 4.79 Å². The zero-order valence-corrected chi connectivity index (χ0v) is 8.86. The highest BCUT2D eigenvalue weighted by Gasteiger charge is 2.03. The second-order valence-corrected chi connectivity index (χ2v) is 3.27. The summed E-state index contributed by atoms with van der Waals surface area (Å²) in [4.78, 5) is 12.5. The molecule has 0 amide bonds. The summed E-state index contributed by atoms with van der Waals surface area (Å²) in [5.74, 6) is -0.902. The summed E-state index contributed by atoms with van der Waals surface area (Å²) in [6.45, 7) is 6.32. The lowest BCUT2D eigenvalue weighted by molar-refractivity contribution is -0.131. The molecule has 0 bridgehead atoms. The van der Waals surface area contributed by atoms with Gasteiger partial charge in [0, 0.05) is 25.8 Å². The molecule has 0 aliphatic carbocycles. The SMILES string of the molecule is CCN(CCCO)CC(C)=CC(=O)O. The van der Waals surface area contributed by atoms with Gasteiger partial charge in [-0.1, -0.05) is 12.5 Å². The van der Waals surface area contributed by atoms with Gasteiger partial charge in [-0.3, -0.25) is 4.90 Å². The Kier molecular flexibility index (Phi) is 7.06. The van der Waals surface area contributed by atoms with E-state index in [-0.39, 0.29) is 6.61 Å². The highest BCUT2D eigenvalue weighted by atomic mass is 16.4. The third-order valence-corrected chi connectivity index (χ3v) is 1.92. The molecule has 0 saturated heterocycles. The van der Waals surface area contributed by atoms with Crippen LogP contribution in [0.3, 0.4) is 0 Å². The van der Waals surface area contributed by atoms with E-state index in [9.17, 15) is 4.79 Å². The Hall–Kier alpha value is -0.870. The molecule has 0 atom stereocenters. The maximum Gasteiger partial charge on any atom is 0.328 e. The molecule has 0 radical (unpaired) electrons. The molecule has 0 unspecified atom stereocenters. The van der Waals surface area contributed by atoms with Gasteiger partial charge < -0.3 is 10.2 Å². The highest BCUT2D eigenvalue weighted by Crippen LogP contribution is 1.99. The predicted octanol–water partition coefficient (Wildman–Crippen LogP) is 0.722. The highest BCUT2D eigenvalue weighted by molar-refractivity contribution is 5.80. The Morgan fingerprint density at radius 3 is 2.57 bits per heavy atom. The number of hydrogen-bond acceptors (Lipinski definition) is 3. The third-order valence-electron chi connectivity index (χ3n) is 1.92. The van der Waals surface area contributed by atoms with Crippen LogP contribution < -0.4 is 0 Å². The monoisotopic (exact) mass is 201 g/mol. The smallest absolute Gasteiger partial charge is 0.328 e. The number of nitrogens with zero attached hydrogens (tertiary/aromatic N) is 1. The van der Waals surface area contributed by atoms with Crippen molar-refractivity contribution in [3.63, 3.8) is 0 Å². The molecule has 0 saturated carbocycles. The Labute approximate surface area is 84.8 Å². The zero-order valence-electron chi connectivity index (χ0n) is 8.86. The van der Waals surface area contributed by atoms with Crippen LogP contribution in [0.1, 0.15) is 20.3 Å². The Morgan fingerprint density at radius 1 is 1.50 bits per heavy atom. The van der Waals surface area contributed by atoms with Gasteiger partial charge >= 0.3 is 5.97 Å². The molecule has 4 heteroatoms. The van der Waals surface area contributed by atoms with Crippen molar-refractivity contribution in [1.82, 2.24) is 4.90 Å². The molecule has 14 heavy (non-hydrogen) atoms. The van der Waals surface area contributed by atoms with Crippen molar-refractivity contribution < 1.29 is 15.0 Å². The lowest BCUT2D eigenvalue weighted by Crippen LogP contribution is -2.27. The number of aliphatic hydroxyl groups excluding tert-OH is 1. The summed E-state index contributed by atoms with van der Waals surface area (Å²) in [5, 5.41) is 17.2. The lowest BCUT2D eigenvalue weighted by Gasteiger charge is -2.19. The first-order chi connectivity index (χ1) is 6.60. The second kappa shape index (κ2) is 7.53. The van der Waals surface area contributed by atoms with E-state index in [0.29, 0.717) is 6.54 Å². The summed E-state index contributed by atoms with van der Waals surface area (Å²) in [6, 6.07) is 0. The molecule has 4 nitrogen and oxygen atoms in total. The number of likely N-dealkylation sites (N-methyl/N-ethyl adjacent to an activating group) is 1. The van der Waals surface area contributed by atoms with Gasteiger partial charge in [-0.05, 0) is 19.9 Å². The van der Waals surface area contributed by atoms with Crippen LogP contribution >= 0.6 is 0 Å². The van der Waals surface area contributed by atoms with Crippen LogP contribution in [0.25, 0.3) is 0 Å². The number of carboxylic acid groups (broad SMARTS) is 1. The van der Waals surface area contributed by atoms with E-state index in [2.05, 4.69) is 4.90 Å². The fourth-order valence-electron chi connectivity index (χ4n) is 1.25. The van der Waals surface area contributed by atoms with Crippen LogP contribution in [-0.4, -0.2) is 47.3 Å². The summed E-state index contributed by atoms with van der Waals surface area (Å²) in [6.07, 6.45) is 1.95. The molecule has 2 N–H and O–H groups in total. The molecule has 0 spiro atoms. The molecule has 0 rings (SSSR count). The molecule has 0 aromatic rings. The van der Waals surface area contributed by atoms with E-state index in [4.69, 9.17) is 10.2 Å². The average molecular weight is 201 g/mol. The average Bonchev–Trinajstić information content (AvgIpc) is 2.10. The van der Waals surface area contributed by atoms with Crippen LogP contribution in [0.2, 0.25) is 0 Å². The minimum atomic E-state index is -0.902. The molecule has 0 aromatic heterocycles.